The first-order valence-electron chi connectivity index (χ1n) is 9.91. The number of methoxy groups -OCH3 is 1. The number of rotatable bonds is 5. The number of nitrogens with zero attached hydrogens (tertiary/aromatic N) is 1. The van der Waals surface area contributed by atoms with Gasteiger partial charge in [-0.25, -0.2) is 9.37 Å². The van der Waals surface area contributed by atoms with Gasteiger partial charge in [0.25, 0.3) is 0 Å². The van der Waals surface area contributed by atoms with Gasteiger partial charge in [-0.15, -0.1) is 0 Å². The number of anilines is 1. The molecule has 0 aliphatic heterocycles. The first-order chi connectivity index (χ1) is 13.3. The van der Waals surface area contributed by atoms with Gasteiger partial charge in [-0.3, -0.25) is 4.79 Å². The predicted molar refractivity (Wildman–Crippen MR) is 111 cm³/mol. The molecule has 1 aromatic heterocycles. The van der Waals surface area contributed by atoms with Crippen molar-refractivity contribution in [1.29, 1.82) is 0 Å². The highest BCUT2D eigenvalue weighted by atomic mass is 28.3. The first-order valence-corrected chi connectivity index (χ1v) is 13.4. The van der Waals surface area contributed by atoms with E-state index in [1.807, 2.05) is 24.4 Å². The molecule has 4 nitrogen and oxygen atoms in total. The molecule has 0 spiro atoms. The monoisotopic (exact) mass is 398 g/mol. The zero-order chi connectivity index (χ0) is 20.1. The molecule has 148 valence electrons. The number of hydrogen-bond acceptors (Lipinski definition) is 4. The molecule has 4 rings (SSSR count). The number of carbonyl (C=O) groups excluding carboxylic acids is 1. The SMILES string of the molecule is COC(=O)[C@H]1C[C@@H]1c1ccc(N[C@@H]2CCc3c([Si](C)(C)C)ccc(F)c32)nc1. The Bertz CT molecular complexity index is 908. The van der Waals surface area contributed by atoms with E-state index in [1.165, 1.54) is 17.9 Å². The molecule has 0 bridgehead atoms. The Morgan fingerprint density at radius 1 is 1.25 bits per heavy atom. The standard InChI is InChI=1S/C22H27FN2O2Si/c1-27-22(26)16-11-15(16)13-5-10-20(24-12-13)25-18-8-6-14-19(28(2,3)4)9-7-17(23)21(14)18/h5,7,9-10,12,15-16,18H,6,8,11H2,1-4H3,(H,24,25)/t15-,16+,18-/m1/s1. The average Bonchev–Trinajstić information content (AvgIpc) is 3.35. The van der Waals surface area contributed by atoms with Crippen molar-refractivity contribution in [2.45, 2.75) is 50.9 Å². The van der Waals surface area contributed by atoms with E-state index in [0.717, 1.165) is 36.2 Å². The van der Waals surface area contributed by atoms with Crippen LogP contribution in [0.15, 0.2) is 30.5 Å². The lowest BCUT2D eigenvalue weighted by atomic mass is 10.1. The van der Waals surface area contributed by atoms with Crippen LogP contribution in [0.4, 0.5) is 10.2 Å². The van der Waals surface area contributed by atoms with Gasteiger partial charge in [0.1, 0.15) is 11.6 Å². The van der Waals surface area contributed by atoms with Crippen molar-refractivity contribution >= 4 is 25.0 Å². The topological polar surface area (TPSA) is 51.2 Å². The number of benzene rings is 1. The summed E-state index contributed by atoms with van der Waals surface area (Å²) in [5, 5.41) is 4.78. The van der Waals surface area contributed by atoms with Crippen LogP contribution in [0, 0.1) is 11.7 Å². The van der Waals surface area contributed by atoms with Crippen molar-refractivity contribution in [2.24, 2.45) is 5.92 Å². The van der Waals surface area contributed by atoms with Crippen molar-refractivity contribution in [3.8, 4) is 0 Å². The van der Waals surface area contributed by atoms with Gasteiger partial charge in [0, 0.05) is 11.8 Å². The minimum atomic E-state index is -1.51. The third kappa shape index (κ3) is 3.46. The van der Waals surface area contributed by atoms with Gasteiger partial charge in [-0.05, 0) is 48.4 Å². The lowest BCUT2D eigenvalue weighted by molar-refractivity contribution is -0.142. The van der Waals surface area contributed by atoms with Crippen LogP contribution in [-0.2, 0) is 16.0 Å². The van der Waals surface area contributed by atoms with Crippen LogP contribution in [0.3, 0.4) is 0 Å². The van der Waals surface area contributed by atoms with Crippen molar-refractivity contribution in [3.05, 3.63) is 53.0 Å². The minimum absolute atomic E-state index is 0.0404. The molecule has 2 aromatic rings. The van der Waals surface area contributed by atoms with Crippen LogP contribution in [0.2, 0.25) is 19.6 Å². The fourth-order valence-electron chi connectivity index (χ4n) is 4.43. The number of ether oxygens (including phenoxy) is 1. The number of esters is 1. The Balaban J connectivity index is 1.51. The summed E-state index contributed by atoms with van der Waals surface area (Å²) < 4.78 is 19.5. The second-order valence-corrected chi connectivity index (χ2v) is 14.0. The maximum Gasteiger partial charge on any atom is 0.309 e. The summed E-state index contributed by atoms with van der Waals surface area (Å²) in [4.78, 5) is 16.1. The van der Waals surface area contributed by atoms with Gasteiger partial charge in [-0.2, -0.15) is 0 Å². The van der Waals surface area contributed by atoms with E-state index in [2.05, 4.69) is 29.9 Å². The largest absolute Gasteiger partial charge is 0.469 e. The van der Waals surface area contributed by atoms with Crippen molar-refractivity contribution in [1.82, 2.24) is 4.98 Å². The quantitative estimate of drug-likeness (QED) is 0.607. The fourth-order valence-corrected chi connectivity index (χ4v) is 6.17. The Labute approximate surface area is 166 Å². The lowest BCUT2D eigenvalue weighted by Crippen LogP contribution is -2.40. The number of aromatic nitrogens is 1. The number of hydrogen-bond donors (Lipinski definition) is 1. The molecule has 28 heavy (non-hydrogen) atoms. The molecule has 1 heterocycles. The molecule has 3 atom stereocenters. The summed E-state index contributed by atoms with van der Waals surface area (Å²) in [6, 6.07) is 7.51. The van der Waals surface area contributed by atoms with Crippen molar-refractivity contribution < 1.29 is 13.9 Å². The highest BCUT2D eigenvalue weighted by Gasteiger charge is 2.45. The molecular weight excluding hydrogens is 371 g/mol. The van der Waals surface area contributed by atoms with E-state index in [-0.39, 0.29) is 29.7 Å². The van der Waals surface area contributed by atoms with E-state index in [0.29, 0.717) is 0 Å². The molecule has 0 amide bonds. The van der Waals surface area contributed by atoms with Gasteiger partial charge in [0.05, 0.1) is 27.1 Å². The summed E-state index contributed by atoms with van der Waals surface area (Å²) in [6.07, 6.45) is 4.43. The van der Waals surface area contributed by atoms with Gasteiger partial charge in [-0.1, -0.05) is 37.0 Å². The molecule has 0 radical (unpaired) electrons. The smallest absolute Gasteiger partial charge is 0.309 e. The summed E-state index contributed by atoms with van der Waals surface area (Å²) >= 11 is 0. The van der Waals surface area contributed by atoms with E-state index in [1.54, 1.807) is 6.07 Å². The van der Waals surface area contributed by atoms with Gasteiger partial charge in [0.2, 0.25) is 0 Å². The van der Waals surface area contributed by atoms with E-state index < -0.39 is 8.07 Å². The molecule has 1 saturated carbocycles. The molecular formula is C22H27FN2O2Si. The van der Waals surface area contributed by atoms with Crippen LogP contribution in [0.5, 0.6) is 0 Å². The number of pyridine rings is 1. The molecule has 1 fully saturated rings. The van der Waals surface area contributed by atoms with Crippen LogP contribution in [0.1, 0.15) is 41.5 Å². The lowest BCUT2D eigenvalue weighted by Gasteiger charge is -2.22. The highest BCUT2D eigenvalue weighted by Crippen LogP contribution is 2.48. The molecule has 2 aliphatic carbocycles. The van der Waals surface area contributed by atoms with Gasteiger partial charge < -0.3 is 10.1 Å². The zero-order valence-electron chi connectivity index (χ0n) is 16.9. The minimum Gasteiger partial charge on any atom is -0.469 e. The van der Waals surface area contributed by atoms with Crippen LogP contribution < -0.4 is 10.5 Å². The van der Waals surface area contributed by atoms with Gasteiger partial charge in [0.15, 0.2) is 0 Å². The molecule has 1 N–H and O–H groups in total. The summed E-state index contributed by atoms with van der Waals surface area (Å²) in [7, 11) is -0.0892. The van der Waals surface area contributed by atoms with Crippen LogP contribution in [-0.4, -0.2) is 26.1 Å². The van der Waals surface area contributed by atoms with Crippen molar-refractivity contribution in [2.75, 3.05) is 12.4 Å². The molecule has 2 aliphatic rings. The van der Waals surface area contributed by atoms with E-state index in [4.69, 9.17) is 4.74 Å². The summed E-state index contributed by atoms with van der Waals surface area (Å²) in [5.74, 6) is 0.639. The Morgan fingerprint density at radius 3 is 2.68 bits per heavy atom. The Morgan fingerprint density at radius 2 is 2.04 bits per heavy atom. The number of nitrogens with one attached hydrogen (secondary N) is 1. The Hall–Kier alpha value is -2.21. The summed E-state index contributed by atoms with van der Waals surface area (Å²) in [6.45, 7) is 6.92. The van der Waals surface area contributed by atoms with E-state index >= 15 is 0 Å². The predicted octanol–water partition coefficient (Wildman–Crippen LogP) is 4.14. The van der Waals surface area contributed by atoms with Crippen LogP contribution >= 0.6 is 0 Å². The maximum absolute atomic E-state index is 14.7. The molecule has 0 saturated heterocycles. The average molecular weight is 399 g/mol. The highest BCUT2D eigenvalue weighted by molar-refractivity contribution is 6.89. The first kappa shape index (κ1) is 19.1. The zero-order valence-corrected chi connectivity index (χ0v) is 17.9. The molecule has 6 heteroatoms. The third-order valence-corrected chi connectivity index (χ3v) is 8.06. The molecule has 0 unspecified atom stereocenters. The fraction of sp³-hybridized carbons (Fsp3) is 0.455. The number of halogens is 1. The van der Waals surface area contributed by atoms with Crippen molar-refractivity contribution in [3.63, 3.8) is 0 Å². The van der Waals surface area contributed by atoms with E-state index in [9.17, 15) is 9.18 Å². The molecule has 1 aromatic carbocycles. The Kier molecular flexibility index (Phi) is 4.77. The second-order valence-electron chi connectivity index (χ2n) is 8.92. The maximum atomic E-state index is 14.7. The van der Waals surface area contributed by atoms with Gasteiger partial charge >= 0.3 is 5.97 Å². The number of fused-ring (bicyclic) bond motifs is 1. The third-order valence-electron chi connectivity index (χ3n) is 5.97. The van der Waals surface area contributed by atoms with Crippen LogP contribution in [0.25, 0.3) is 0 Å². The summed E-state index contributed by atoms with van der Waals surface area (Å²) in [5.41, 5.74) is 3.07. The second kappa shape index (κ2) is 6.99. The normalized spacial score (nSPS) is 23.2. The number of carbonyl (C=O) groups is 1.